The summed E-state index contributed by atoms with van der Waals surface area (Å²) in [6.07, 6.45) is 0.554. The molecule has 24 heavy (non-hydrogen) atoms. The molecule has 2 N–H and O–H groups in total. The topological polar surface area (TPSA) is 102 Å². The van der Waals surface area contributed by atoms with E-state index < -0.39 is 18.2 Å². The van der Waals surface area contributed by atoms with Crippen molar-refractivity contribution in [3.8, 4) is 5.75 Å². The molecule has 0 heterocycles. The summed E-state index contributed by atoms with van der Waals surface area (Å²) < 4.78 is 14.7. The van der Waals surface area contributed by atoms with Crippen molar-refractivity contribution in [2.75, 3.05) is 19.8 Å². The maximum Gasteiger partial charge on any atom is 0.330 e. The highest BCUT2D eigenvalue weighted by atomic mass is 16.6. The summed E-state index contributed by atoms with van der Waals surface area (Å²) >= 11 is 0. The highest BCUT2D eigenvalue weighted by Gasteiger charge is 2.10. The Hall–Kier alpha value is -2.38. The number of hydrogen-bond acceptors (Lipinski definition) is 7. The number of benzene rings is 1. The molecule has 132 valence electrons. The molecule has 0 aliphatic carbocycles. The number of aromatic hydroxyl groups is 1. The summed E-state index contributed by atoms with van der Waals surface area (Å²) in [5.41, 5.74) is 0.943. The summed E-state index contributed by atoms with van der Waals surface area (Å²) in [5, 5.41) is 18.7. The molecule has 1 rings (SSSR count). The maximum absolute atomic E-state index is 11.5. The number of carbonyl (C=O) groups is 2. The highest BCUT2D eigenvalue weighted by molar-refractivity contribution is 5.81. The lowest BCUT2D eigenvalue weighted by Gasteiger charge is -2.11. The molecule has 7 nitrogen and oxygen atoms in total. The van der Waals surface area contributed by atoms with E-state index in [2.05, 4.69) is 11.3 Å². The fourth-order valence-corrected chi connectivity index (χ4v) is 1.73. The van der Waals surface area contributed by atoms with Crippen molar-refractivity contribution in [2.45, 2.75) is 25.6 Å². The van der Waals surface area contributed by atoms with E-state index in [1.54, 1.807) is 24.3 Å². The van der Waals surface area contributed by atoms with Gasteiger partial charge in [0.05, 0.1) is 19.6 Å². The van der Waals surface area contributed by atoms with Gasteiger partial charge in [0, 0.05) is 18.9 Å². The fraction of sp³-hybridized carbons (Fsp3) is 0.412. The zero-order valence-corrected chi connectivity index (χ0v) is 13.3. The van der Waals surface area contributed by atoms with Crippen LogP contribution in [0.4, 0.5) is 0 Å². The molecule has 1 atom stereocenters. The lowest BCUT2D eigenvalue weighted by Crippen LogP contribution is -2.19. The standard InChI is InChI=1S/C17H22O7/c1-2-15(19)23-11-12-24-17(21)8-7-16(20)22-10-9-13-3-5-14(18)6-4-13/h2-6,17-18,21H,1,7-12H2. The summed E-state index contributed by atoms with van der Waals surface area (Å²) in [6, 6.07) is 6.63. The second kappa shape index (κ2) is 11.2. The first kappa shape index (κ1) is 19.7. The minimum absolute atomic E-state index is 0.00100. The minimum Gasteiger partial charge on any atom is -0.508 e. The lowest BCUT2D eigenvalue weighted by molar-refractivity contribution is -0.152. The zero-order chi connectivity index (χ0) is 17.8. The Morgan fingerprint density at radius 3 is 2.50 bits per heavy atom. The Balaban J connectivity index is 2.07. The quantitative estimate of drug-likeness (QED) is 0.271. The predicted octanol–water partition coefficient (Wildman–Crippen LogP) is 1.32. The molecule has 0 amide bonds. The van der Waals surface area contributed by atoms with Crippen LogP contribution in [0.5, 0.6) is 5.75 Å². The molecule has 0 aromatic heterocycles. The van der Waals surface area contributed by atoms with Crippen molar-refractivity contribution in [3.05, 3.63) is 42.5 Å². The number of rotatable bonds is 11. The van der Waals surface area contributed by atoms with Crippen molar-refractivity contribution < 1.29 is 34.0 Å². The number of aliphatic hydroxyl groups is 1. The number of phenolic OH excluding ortho intramolecular Hbond substituents is 1. The first-order chi connectivity index (χ1) is 11.5. The Bertz CT molecular complexity index is 524. The average molecular weight is 338 g/mol. The zero-order valence-electron chi connectivity index (χ0n) is 13.3. The molecule has 0 spiro atoms. The molecule has 1 unspecified atom stereocenters. The molecule has 0 radical (unpaired) electrons. The van der Waals surface area contributed by atoms with Crippen molar-refractivity contribution in [1.29, 1.82) is 0 Å². The summed E-state index contributed by atoms with van der Waals surface area (Å²) in [6.45, 7) is 3.49. The normalized spacial score (nSPS) is 11.5. The van der Waals surface area contributed by atoms with Gasteiger partial charge in [0.2, 0.25) is 0 Å². The smallest absolute Gasteiger partial charge is 0.330 e. The third-order valence-electron chi connectivity index (χ3n) is 2.99. The van der Waals surface area contributed by atoms with Crippen molar-refractivity contribution in [1.82, 2.24) is 0 Å². The number of esters is 2. The average Bonchev–Trinajstić information content (AvgIpc) is 2.58. The van der Waals surface area contributed by atoms with Crippen LogP contribution in [0.1, 0.15) is 18.4 Å². The van der Waals surface area contributed by atoms with E-state index in [1.165, 1.54) is 0 Å². The third-order valence-corrected chi connectivity index (χ3v) is 2.99. The van der Waals surface area contributed by atoms with Gasteiger partial charge in [-0.1, -0.05) is 18.7 Å². The van der Waals surface area contributed by atoms with E-state index >= 15 is 0 Å². The Morgan fingerprint density at radius 1 is 1.12 bits per heavy atom. The van der Waals surface area contributed by atoms with Gasteiger partial charge >= 0.3 is 11.9 Å². The predicted molar refractivity (Wildman–Crippen MR) is 85.1 cm³/mol. The van der Waals surface area contributed by atoms with Crippen LogP contribution in [0.3, 0.4) is 0 Å². The van der Waals surface area contributed by atoms with Crippen molar-refractivity contribution in [2.24, 2.45) is 0 Å². The number of ether oxygens (including phenoxy) is 3. The molecule has 0 aliphatic heterocycles. The first-order valence-corrected chi connectivity index (χ1v) is 7.53. The molecule has 0 saturated carbocycles. The van der Waals surface area contributed by atoms with Gasteiger partial charge in [0.25, 0.3) is 0 Å². The van der Waals surface area contributed by atoms with Crippen molar-refractivity contribution >= 4 is 11.9 Å². The van der Waals surface area contributed by atoms with Crippen LogP contribution < -0.4 is 0 Å². The van der Waals surface area contributed by atoms with Gasteiger partial charge < -0.3 is 24.4 Å². The van der Waals surface area contributed by atoms with E-state index in [4.69, 9.17) is 14.6 Å². The fourth-order valence-electron chi connectivity index (χ4n) is 1.73. The number of aliphatic hydroxyl groups excluding tert-OH is 1. The molecule has 7 heteroatoms. The van der Waals surface area contributed by atoms with Crippen LogP contribution >= 0.6 is 0 Å². The lowest BCUT2D eigenvalue weighted by atomic mass is 10.1. The van der Waals surface area contributed by atoms with Crippen LogP contribution in [-0.2, 0) is 30.2 Å². The van der Waals surface area contributed by atoms with Crippen LogP contribution in [0.2, 0.25) is 0 Å². The molecule has 0 aliphatic rings. The maximum atomic E-state index is 11.5. The number of hydrogen-bond donors (Lipinski definition) is 2. The first-order valence-electron chi connectivity index (χ1n) is 7.53. The van der Waals surface area contributed by atoms with Gasteiger partial charge in [0.15, 0.2) is 6.29 Å². The van der Waals surface area contributed by atoms with Crippen LogP contribution in [0, 0.1) is 0 Å². The van der Waals surface area contributed by atoms with Crippen molar-refractivity contribution in [3.63, 3.8) is 0 Å². The number of phenols is 1. The molecule has 1 aromatic carbocycles. The number of carbonyl (C=O) groups excluding carboxylic acids is 2. The van der Waals surface area contributed by atoms with E-state index in [-0.39, 0.29) is 38.4 Å². The molecular formula is C17H22O7. The van der Waals surface area contributed by atoms with E-state index in [0.29, 0.717) is 6.42 Å². The van der Waals surface area contributed by atoms with Crippen LogP contribution in [0.25, 0.3) is 0 Å². The summed E-state index contributed by atoms with van der Waals surface area (Å²) in [5.74, 6) is -0.816. The largest absolute Gasteiger partial charge is 0.508 e. The van der Waals surface area contributed by atoms with Gasteiger partial charge in [-0.05, 0) is 17.7 Å². The van der Waals surface area contributed by atoms with Gasteiger partial charge in [0.1, 0.15) is 12.4 Å². The SMILES string of the molecule is C=CC(=O)OCCOC(O)CCC(=O)OCCc1ccc(O)cc1. The van der Waals surface area contributed by atoms with E-state index in [1.807, 2.05) is 0 Å². The van der Waals surface area contributed by atoms with E-state index in [0.717, 1.165) is 11.6 Å². The summed E-state index contributed by atoms with van der Waals surface area (Å²) in [4.78, 5) is 22.3. The molecule has 0 fully saturated rings. The molecule has 0 bridgehead atoms. The summed E-state index contributed by atoms with van der Waals surface area (Å²) in [7, 11) is 0. The second-order valence-corrected chi connectivity index (χ2v) is 4.87. The van der Waals surface area contributed by atoms with E-state index in [9.17, 15) is 14.7 Å². The van der Waals surface area contributed by atoms with Gasteiger partial charge in [-0.2, -0.15) is 0 Å². The third kappa shape index (κ3) is 8.92. The Morgan fingerprint density at radius 2 is 1.83 bits per heavy atom. The van der Waals surface area contributed by atoms with Crippen LogP contribution in [0.15, 0.2) is 36.9 Å². The Labute approximate surface area is 140 Å². The molecule has 0 saturated heterocycles. The Kier molecular flexibility index (Phi) is 9.18. The monoisotopic (exact) mass is 338 g/mol. The second-order valence-electron chi connectivity index (χ2n) is 4.87. The minimum atomic E-state index is -1.13. The molecular weight excluding hydrogens is 316 g/mol. The van der Waals surface area contributed by atoms with Crippen LogP contribution in [-0.4, -0.2) is 48.3 Å². The molecule has 1 aromatic rings. The highest BCUT2D eigenvalue weighted by Crippen LogP contribution is 2.10. The van der Waals surface area contributed by atoms with Gasteiger partial charge in [-0.15, -0.1) is 0 Å². The van der Waals surface area contributed by atoms with Gasteiger partial charge in [-0.3, -0.25) is 4.79 Å². The van der Waals surface area contributed by atoms with Gasteiger partial charge in [-0.25, -0.2) is 4.79 Å².